The van der Waals surface area contributed by atoms with E-state index in [2.05, 4.69) is 10.3 Å². The number of imide groups is 1. The van der Waals surface area contributed by atoms with Gasteiger partial charge < -0.3 is 20.5 Å². The van der Waals surface area contributed by atoms with Gasteiger partial charge in [-0.3, -0.25) is 14.5 Å². The summed E-state index contributed by atoms with van der Waals surface area (Å²) in [5, 5.41) is 2.73. The highest BCUT2D eigenvalue weighted by molar-refractivity contribution is 6.04. The molecule has 3 aliphatic rings. The van der Waals surface area contributed by atoms with Crippen molar-refractivity contribution in [3.8, 4) is 5.88 Å². The number of aromatic nitrogens is 1. The zero-order valence-corrected chi connectivity index (χ0v) is 17.5. The summed E-state index contributed by atoms with van der Waals surface area (Å²) < 4.78 is 11.5. The second-order valence-corrected chi connectivity index (χ2v) is 9.56. The molecule has 4 rings (SSSR count). The van der Waals surface area contributed by atoms with E-state index in [4.69, 9.17) is 15.2 Å². The van der Waals surface area contributed by atoms with Gasteiger partial charge >= 0.3 is 6.03 Å². The summed E-state index contributed by atoms with van der Waals surface area (Å²) in [5.74, 6) is -0.522. The van der Waals surface area contributed by atoms with Gasteiger partial charge in [-0.05, 0) is 64.0 Å². The Kier molecular flexibility index (Phi) is 4.96. The fourth-order valence-electron chi connectivity index (χ4n) is 4.62. The Hall–Kier alpha value is -2.68. The Morgan fingerprint density at radius 3 is 2.63 bits per heavy atom. The average Bonchev–Trinajstić information content (AvgIpc) is 2.87. The molecule has 0 bridgehead atoms. The van der Waals surface area contributed by atoms with Crippen LogP contribution in [0.2, 0.25) is 0 Å². The van der Waals surface area contributed by atoms with Crippen molar-refractivity contribution in [1.82, 2.24) is 15.2 Å². The molecular formula is C21H28N4O5. The van der Waals surface area contributed by atoms with E-state index in [-0.39, 0.29) is 53.2 Å². The molecule has 2 heterocycles. The number of carbonyl (C=O) groups excluding carboxylic acids is 3. The first-order valence-electron chi connectivity index (χ1n) is 10.3. The SMILES string of the molecule is CC(C)(C)OCC1NC(=O)N([C@H]2CC3(C[C@H](Oc4ncccc4C(N)=O)C3)C2)C1=O. The molecule has 3 fully saturated rings. The highest BCUT2D eigenvalue weighted by Gasteiger charge is 2.58. The third kappa shape index (κ3) is 3.86. The number of rotatable bonds is 6. The highest BCUT2D eigenvalue weighted by Crippen LogP contribution is 2.58. The van der Waals surface area contributed by atoms with Crippen LogP contribution in [0.5, 0.6) is 5.88 Å². The average molecular weight is 416 g/mol. The molecular weight excluding hydrogens is 388 g/mol. The molecule has 162 valence electrons. The lowest BCUT2D eigenvalue weighted by Gasteiger charge is -2.58. The predicted octanol–water partition coefficient (Wildman–Crippen LogP) is 1.61. The maximum absolute atomic E-state index is 12.7. The van der Waals surface area contributed by atoms with Crippen molar-refractivity contribution in [3.05, 3.63) is 23.9 Å². The predicted molar refractivity (Wildman–Crippen MR) is 107 cm³/mol. The smallest absolute Gasteiger partial charge is 0.325 e. The lowest BCUT2D eigenvalue weighted by atomic mass is 9.52. The number of nitrogens with zero attached hydrogens (tertiary/aromatic N) is 2. The normalized spacial score (nSPS) is 30.6. The monoisotopic (exact) mass is 416 g/mol. The summed E-state index contributed by atoms with van der Waals surface area (Å²) in [7, 11) is 0. The zero-order chi connectivity index (χ0) is 21.7. The largest absolute Gasteiger partial charge is 0.474 e. The number of ether oxygens (including phenoxy) is 2. The highest BCUT2D eigenvalue weighted by atomic mass is 16.5. The molecule has 1 aromatic heterocycles. The van der Waals surface area contributed by atoms with Crippen LogP contribution < -0.4 is 15.8 Å². The first-order valence-corrected chi connectivity index (χ1v) is 10.3. The summed E-state index contributed by atoms with van der Waals surface area (Å²) in [6.07, 6.45) is 4.66. The number of hydrogen-bond donors (Lipinski definition) is 2. The molecule has 0 aromatic carbocycles. The van der Waals surface area contributed by atoms with Gasteiger partial charge in [0.1, 0.15) is 17.7 Å². The Labute approximate surface area is 175 Å². The summed E-state index contributed by atoms with van der Waals surface area (Å²) in [6.45, 7) is 5.90. The third-order valence-electron chi connectivity index (χ3n) is 6.07. The summed E-state index contributed by atoms with van der Waals surface area (Å²) in [4.78, 5) is 42.0. The van der Waals surface area contributed by atoms with E-state index in [0.717, 1.165) is 25.7 Å². The van der Waals surface area contributed by atoms with E-state index in [1.807, 2.05) is 20.8 Å². The van der Waals surface area contributed by atoms with Gasteiger partial charge in [0, 0.05) is 12.2 Å². The first kappa shape index (κ1) is 20.6. The van der Waals surface area contributed by atoms with E-state index in [1.165, 1.54) is 4.90 Å². The van der Waals surface area contributed by atoms with E-state index >= 15 is 0 Å². The Morgan fingerprint density at radius 2 is 2.00 bits per heavy atom. The lowest BCUT2D eigenvalue weighted by molar-refractivity contribution is -0.142. The van der Waals surface area contributed by atoms with Crippen molar-refractivity contribution in [2.45, 2.75) is 70.2 Å². The summed E-state index contributed by atoms with van der Waals surface area (Å²) in [6, 6.07) is 2.18. The Morgan fingerprint density at radius 1 is 1.30 bits per heavy atom. The third-order valence-corrected chi connectivity index (χ3v) is 6.07. The minimum Gasteiger partial charge on any atom is -0.474 e. The van der Waals surface area contributed by atoms with Gasteiger partial charge in [-0.2, -0.15) is 0 Å². The topological polar surface area (TPSA) is 124 Å². The van der Waals surface area contributed by atoms with Gasteiger partial charge in [-0.25, -0.2) is 9.78 Å². The molecule has 4 amide bonds. The molecule has 9 nitrogen and oxygen atoms in total. The minimum absolute atomic E-state index is 0.0463. The van der Waals surface area contributed by atoms with Crippen molar-refractivity contribution in [1.29, 1.82) is 0 Å². The summed E-state index contributed by atoms with van der Waals surface area (Å²) >= 11 is 0. The Balaban J connectivity index is 1.28. The fourth-order valence-corrected chi connectivity index (χ4v) is 4.62. The van der Waals surface area contributed by atoms with Crippen LogP contribution in [0.15, 0.2) is 18.3 Å². The van der Waals surface area contributed by atoms with E-state index in [9.17, 15) is 14.4 Å². The number of urea groups is 1. The van der Waals surface area contributed by atoms with Crippen molar-refractivity contribution < 1.29 is 23.9 Å². The Bertz CT molecular complexity index is 866. The van der Waals surface area contributed by atoms with Crippen LogP contribution in [0.3, 0.4) is 0 Å². The fraction of sp³-hybridized carbons (Fsp3) is 0.619. The van der Waals surface area contributed by atoms with Crippen molar-refractivity contribution >= 4 is 17.8 Å². The number of hydrogen-bond acceptors (Lipinski definition) is 6. The number of primary amides is 1. The molecule has 1 unspecified atom stereocenters. The number of carbonyl (C=O) groups is 3. The molecule has 1 saturated heterocycles. The molecule has 2 saturated carbocycles. The first-order chi connectivity index (χ1) is 14.1. The van der Waals surface area contributed by atoms with Crippen LogP contribution in [0.25, 0.3) is 0 Å². The van der Waals surface area contributed by atoms with Gasteiger partial charge in [0.15, 0.2) is 0 Å². The molecule has 0 radical (unpaired) electrons. The molecule has 1 spiro atoms. The molecule has 1 aromatic rings. The van der Waals surface area contributed by atoms with Gasteiger partial charge in [0.05, 0.1) is 12.2 Å². The van der Waals surface area contributed by atoms with E-state index < -0.39 is 11.9 Å². The van der Waals surface area contributed by atoms with Gasteiger partial charge in [0.25, 0.3) is 11.8 Å². The van der Waals surface area contributed by atoms with Crippen LogP contribution in [-0.4, -0.2) is 58.1 Å². The van der Waals surface area contributed by atoms with Crippen molar-refractivity contribution in [2.75, 3.05) is 6.61 Å². The number of nitrogens with two attached hydrogens (primary N) is 1. The van der Waals surface area contributed by atoms with Crippen molar-refractivity contribution in [2.24, 2.45) is 11.1 Å². The van der Waals surface area contributed by atoms with E-state index in [0.29, 0.717) is 0 Å². The summed E-state index contributed by atoms with van der Waals surface area (Å²) in [5.41, 5.74) is 5.35. The molecule has 2 aliphatic carbocycles. The van der Waals surface area contributed by atoms with E-state index in [1.54, 1.807) is 18.3 Å². The van der Waals surface area contributed by atoms with Gasteiger partial charge in [-0.1, -0.05) is 0 Å². The van der Waals surface area contributed by atoms with Crippen molar-refractivity contribution in [3.63, 3.8) is 0 Å². The quantitative estimate of drug-likeness (QED) is 0.679. The zero-order valence-electron chi connectivity index (χ0n) is 17.5. The molecule has 1 atom stereocenters. The van der Waals surface area contributed by atoms with Crippen LogP contribution in [-0.2, 0) is 9.53 Å². The second kappa shape index (κ2) is 7.23. The maximum atomic E-state index is 12.7. The van der Waals surface area contributed by atoms with Gasteiger partial charge in [0.2, 0.25) is 5.88 Å². The van der Waals surface area contributed by atoms with Crippen LogP contribution in [0.1, 0.15) is 56.8 Å². The van der Waals surface area contributed by atoms with Crippen LogP contribution in [0, 0.1) is 5.41 Å². The number of nitrogens with one attached hydrogen (secondary N) is 1. The molecule has 3 N–H and O–H groups in total. The minimum atomic E-state index is -0.623. The number of amides is 4. The second-order valence-electron chi connectivity index (χ2n) is 9.56. The van der Waals surface area contributed by atoms with Crippen LogP contribution in [0.4, 0.5) is 4.79 Å². The number of pyridine rings is 1. The molecule has 1 aliphatic heterocycles. The van der Waals surface area contributed by atoms with Gasteiger partial charge in [-0.15, -0.1) is 0 Å². The maximum Gasteiger partial charge on any atom is 0.325 e. The standard InChI is InChI=1S/C21H28N4O5/c1-20(2,3)29-11-15-18(27)25(19(28)24-15)12-7-21(8-12)9-13(10-21)30-17-14(16(22)26)5-4-6-23-17/h4-6,12-13,15H,7-11H2,1-3H3,(H2,22,26)(H,24,28)/t12-,13-,15?,21?. The van der Waals surface area contributed by atoms with Crippen LogP contribution >= 0.6 is 0 Å². The lowest BCUT2D eigenvalue weighted by Crippen LogP contribution is -2.60. The molecule has 30 heavy (non-hydrogen) atoms. The molecule has 9 heteroatoms.